The third-order valence-electron chi connectivity index (χ3n) is 6.68. The first kappa shape index (κ1) is 34.8. The molecule has 0 unspecified atom stereocenters. The Morgan fingerprint density at radius 2 is 1.77 bits per heavy atom. The Morgan fingerprint density at radius 1 is 1.00 bits per heavy atom. The van der Waals surface area contributed by atoms with Crippen molar-refractivity contribution < 1.29 is 42.5 Å². The molecule has 0 aromatic heterocycles. The van der Waals surface area contributed by atoms with Gasteiger partial charge in [0.1, 0.15) is 12.4 Å². The Morgan fingerprint density at radius 3 is 2.47 bits per heavy atom. The molecule has 0 spiro atoms. The molecule has 248 valence electrons. The van der Waals surface area contributed by atoms with Gasteiger partial charge < -0.3 is 34.3 Å². The van der Waals surface area contributed by atoms with Crippen LogP contribution in [0.3, 0.4) is 0 Å². The lowest BCUT2D eigenvalue weighted by Gasteiger charge is -2.28. The van der Waals surface area contributed by atoms with E-state index in [9.17, 15) is 18.8 Å². The summed E-state index contributed by atoms with van der Waals surface area (Å²) in [5.74, 6) is 0.0384. The highest BCUT2D eigenvalue weighted by molar-refractivity contribution is 9.10. The second-order valence-corrected chi connectivity index (χ2v) is 10.8. The molecule has 1 heterocycles. The quantitative estimate of drug-likeness (QED) is 0.116. The molecule has 12 nitrogen and oxygen atoms in total. The van der Waals surface area contributed by atoms with E-state index < -0.39 is 23.9 Å². The lowest BCUT2D eigenvalue weighted by atomic mass is 9.95. The molecule has 1 aliphatic rings. The van der Waals surface area contributed by atoms with E-state index >= 15 is 0 Å². The Bertz CT molecular complexity index is 1680. The SMILES string of the molecule is CCOC(=O)C1=C(C)NC(=O)N[C@H]1c1ccc(OCC(=O)N/N=C\c2cc(Br)c(OCc3ccc(F)cc3)c(OCC)c2)c(OC)c1. The number of halogens is 2. The number of nitrogens with zero attached hydrogens (tertiary/aromatic N) is 1. The molecular formula is C33H34BrFN4O8. The largest absolute Gasteiger partial charge is 0.493 e. The van der Waals surface area contributed by atoms with Gasteiger partial charge in [0.25, 0.3) is 5.91 Å². The maximum absolute atomic E-state index is 13.2. The smallest absolute Gasteiger partial charge is 0.338 e. The number of hydrogen-bond donors (Lipinski definition) is 3. The van der Waals surface area contributed by atoms with Crippen molar-refractivity contribution in [2.24, 2.45) is 5.10 Å². The minimum atomic E-state index is -0.790. The highest BCUT2D eigenvalue weighted by atomic mass is 79.9. The van der Waals surface area contributed by atoms with Crippen LogP contribution >= 0.6 is 15.9 Å². The van der Waals surface area contributed by atoms with Crippen LogP contribution in [-0.4, -0.2) is 51.1 Å². The van der Waals surface area contributed by atoms with Crippen LogP contribution in [-0.2, 0) is 20.9 Å². The van der Waals surface area contributed by atoms with Gasteiger partial charge in [-0.25, -0.2) is 19.4 Å². The summed E-state index contributed by atoms with van der Waals surface area (Å²) in [6.45, 7) is 5.53. The van der Waals surface area contributed by atoms with Crippen LogP contribution < -0.4 is 35.0 Å². The fourth-order valence-corrected chi connectivity index (χ4v) is 5.14. The second kappa shape index (κ2) is 16.5. The van der Waals surface area contributed by atoms with E-state index in [2.05, 4.69) is 37.1 Å². The molecule has 4 rings (SSSR count). The third-order valence-corrected chi connectivity index (χ3v) is 7.26. The number of urea groups is 1. The lowest BCUT2D eigenvalue weighted by Crippen LogP contribution is -2.45. The zero-order valence-electron chi connectivity index (χ0n) is 26.1. The third kappa shape index (κ3) is 9.22. The summed E-state index contributed by atoms with van der Waals surface area (Å²) in [7, 11) is 1.43. The van der Waals surface area contributed by atoms with Crippen molar-refractivity contribution in [2.45, 2.75) is 33.4 Å². The monoisotopic (exact) mass is 712 g/mol. The van der Waals surface area contributed by atoms with Crippen molar-refractivity contribution in [1.82, 2.24) is 16.1 Å². The number of nitrogens with one attached hydrogen (secondary N) is 3. The highest BCUT2D eigenvalue weighted by Gasteiger charge is 2.32. The van der Waals surface area contributed by atoms with E-state index in [4.69, 9.17) is 23.7 Å². The first-order chi connectivity index (χ1) is 22.6. The number of esters is 1. The van der Waals surface area contributed by atoms with E-state index in [1.165, 1.54) is 25.5 Å². The van der Waals surface area contributed by atoms with Crippen molar-refractivity contribution >= 4 is 40.1 Å². The molecule has 0 radical (unpaired) electrons. The molecule has 3 amide bonds. The lowest BCUT2D eigenvalue weighted by molar-refractivity contribution is -0.139. The summed E-state index contributed by atoms with van der Waals surface area (Å²) >= 11 is 3.50. The number of hydrogen-bond acceptors (Lipinski definition) is 9. The molecule has 3 aromatic carbocycles. The zero-order valence-corrected chi connectivity index (χ0v) is 27.7. The summed E-state index contributed by atoms with van der Waals surface area (Å²) < 4.78 is 41.8. The van der Waals surface area contributed by atoms with Gasteiger partial charge in [0.15, 0.2) is 29.6 Å². The summed E-state index contributed by atoms with van der Waals surface area (Å²) in [6, 6.07) is 13.0. The number of hydrazone groups is 1. The minimum absolute atomic E-state index is 0.172. The van der Waals surface area contributed by atoms with Gasteiger partial charge in [-0.3, -0.25) is 4.79 Å². The van der Waals surface area contributed by atoms with Gasteiger partial charge in [-0.1, -0.05) is 18.2 Å². The molecule has 1 atom stereocenters. The number of methoxy groups -OCH3 is 1. The molecule has 47 heavy (non-hydrogen) atoms. The van der Waals surface area contributed by atoms with Gasteiger partial charge in [-0.05, 0) is 89.8 Å². The fraction of sp³-hybridized carbons (Fsp3) is 0.273. The Kier molecular flexibility index (Phi) is 12.2. The number of ether oxygens (including phenoxy) is 5. The van der Waals surface area contributed by atoms with Gasteiger partial charge in [0, 0.05) is 5.70 Å². The van der Waals surface area contributed by atoms with Crippen molar-refractivity contribution in [3.63, 3.8) is 0 Å². The van der Waals surface area contributed by atoms with Crippen LogP contribution in [0, 0.1) is 5.82 Å². The summed E-state index contributed by atoms with van der Waals surface area (Å²) in [5, 5.41) is 9.33. The van der Waals surface area contributed by atoms with Gasteiger partial charge in [0.2, 0.25) is 0 Å². The fourth-order valence-electron chi connectivity index (χ4n) is 4.56. The van der Waals surface area contributed by atoms with Gasteiger partial charge in [-0.2, -0.15) is 5.10 Å². The molecule has 0 saturated carbocycles. The standard InChI is InChI=1S/C33H34BrFN4O8/c1-5-44-27-14-21(13-24(34)31(27)47-17-20-7-10-23(35)11-8-20)16-36-39-28(40)18-46-25-12-9-22(15-26(25)43-4)30-29(32(41)45-6-2)19(3)37-33(42)38-30/h7-16,30H,5-6,17-18H2,1-4H3,(H,39,40)(H2,37,38,42)/b36-16-/t30-/m0/s1. The van der Waals surface area contributed by atoms with E-state index in [1.54, 1.807) is 56.3 Å². The Balaban J connectivity index is 1.38. The summed E-state index contributed by atoms with van der Waals surface area (Å²) in [4.78, 5) is 37.3. The van der Waals surface area contributed by atoms with Crippen LogP contribution in [0.1, 0.15) is 43.5 Å². The van der Waals surface area contributed by atoms with E-state index in [0.717, 1.165) is 5.56 Å². The maximum atomic E-state index is 13.2. The van der Waals surface area contributed by atoms with E-state index in [0.29, 0.717) is 39.4 Å². The molecule has 3 N–H and O–H groups in total. The molecular weight excluding hydrogens is 679 g/mol. The second-order valence-electron chi connectivity index (χ2n) is 9.96. The Labute approximate surface area is 279 Å². The van der Waals surface area contributed by atoms with Crippen LogP contribution in [0.15, 0.2) is 75.4 Å². The summed E-state index contributed by atoms with van der Waals surface area (Å²) in [6.07, 6.45) is 1.44. The highest BCUT2D eigenvalue weighted by Crippen LogP contribution is 2.37. The van der Waals surface area contributed by atoms with Crippen LogP contribution in [0.4, 0.5) is 9.18 Å². The van der Waals surface area contributed by atoms with Crippen LogP contribution in [0.5, 0.6) is 23.0 Å². The van der Waals surface area contributed by atoms with Crippen LogP contribution in [0.25, 0.3) is 0 Å². The van der Waals surface area contributed by atoms with Crippen molar-refractivity contribution in [3.05, 3.63) is 92.8 Å². The van der Waals surface area contributed by atoms with Gasteiger partial charge in [-0.15, -0.1) is 0 Å². The van der Waals surface area contributed by atoms with E-state index in [-0.39, 0.29) is 42.7 Å². The normalized spacial score (nSPS) is 14.3. The molecule has 0 saturated heterocycles. The van der Waals surface area contributed by atoms with Gasteiger partial charge >= 0.3 is 12.0 Å². The van der Waals surface area contributed by atoms with Crippen molar-refractivity contribution in [3.8, 4) is 23.0 Å². The van der Waals surface area contributed by atoms with E-state index in [1.807, 2.05) is 6.92 Å². The van der Waals surface area contributed by atoms with Gasteiger partial charge in [0.05, 0.1) is 42.6 Å². The number of carbonyl (C=O) groups excluding carboxylic acids is 3. The predicted octanol–water partition coefficient (Wildman–Crippen LogP) is 5.29. The zero-order chi connectivity index (χ0) is 33.9. The van der Waals surface area contributed by atoms with Crippen LogP contribution in [0.2, 0.25) is 0 Å². The molecule has 14 heteroatoms. The number of rotatable bonds is 14. The van der Waals surface area contributed by atoms with Crippen molar-refractivity contribution in [1.29, 1.82) is 0 Å². The predicted molar refractivity (Wildman–Crippen MR) is 174 cm³/mol. The molecule has 0 fully saturated rings. The maximum Gasteiger partial charge on any atom is 0.338 e. The van der Waals surface area contributed by atoms with Crippen molar-refractivity contribution in [2.75, 3.05) is 26.9 Å². The first-order valence-electron chi connectivity index (χ1n) is 14.5. The molecule has 0 aliphatic carbocycles. The number of carbonyl (C=O) groups is 3. The average molecular weight is 714 g/mol. The minimum Gasteiger partial charge on any atom is -0.493 e. The molecule has 3 aromatic rings. The number of amides is 3. The summed E-state index contributed by atoms with van der Waals surface area (Å²) in [5.41, 5.74) is 5.00. The number of benzene rings is 3. The first-order valence-corrected chi connectivity index (χ1v) is 15.3. The molecule has 0 bridgehead atoms. The topological polar surface area (TPSA) is 146 Å². The Hall–Kier alpha value is -5.11. The molecule has 1 aliphatic heterocycles. The number of allylic oxidation sites excluding steroid dienone is 1. The average Bonchev–Trinajstić information content (AvgIpc) is 3.04.